The summed E-state index contributed by atoms with van der Waals surface area (Å²) in [5, 5.41) is 0.725. The van der Waals surface area contributed by atoms with Gasteiger partial charge in [0.15, 0.2) is 0 Å². The third kappa shape index (κ3) is 2.41. The lowest BCUT2D eigenvalue weighted by molar-refractivity contribution is -0.111. The summed E-state index contributed by atoms with van der Waals surface area (Å²) in [6, 6.07) is 6.73. The van der Waals surface area contributed by atoms with Crippen LogP contribution >= 0.6 is 0 Å². The van der Waals surface area contributed by atoms with E-state index in [1.807, 2.05) is 0 Å². The molecule has 0 aliphatic carbocycles. The van der Waals surface area contributed by atoms with Crippen molar-refractivity contribution in [3.05, 3.63) is 40.2 Å². The fraction of sp³-hybridized carbons (Fsp3) is 0.143. The van der Waals surface area contributed by atoms with E-state index in [-0.39, 0.29) is 11.3 Å². The van der Waals surface area contributed by atoms with Crippen LogP contribution in [0.1, 0.15) is 12.5 Å². The first kappa shape index (κ1) is 11.9. The average Bonchev–Trinajstić information content (AvgIpc) is 2.35. The number of benzene rings is 1. The van der Waals surface area contributed by atoms with Crippen LogP contribution in [-0.4, -0.2) is 12.9 Å². The maximum Gasteiger partial charge on any atom is 0.352 e. The topological polar surface area (TPSA) is 56.5 Å². The van der Waals surface area contributed by atoms with Gasteiger partial charge in [0.25, 0.3) is 0 Å². The summed E-state index contributed by atoms with van der Waals surface area (Å²) < 4.78 is 10.2. The second-order valence-corrected chi connectivity index (χ2v) is 3.66. The summed E-state index contributed by atoms with van der Waals surface area (Å²) >= 11 is 0. The van der Waals surface area contributed by atoms with Gasteiger partial charge in [-0.05, 0) is 24.1 Å². The largest absolute Gasteiger partial charge is 0.497 e. The standard InChI is InChI=1S/C14H10O4/c1-9(15)3-4-11-7-10-5-6-12(17-2)8-13(10)18-14(11)16/h5-8H,1-2H3. The molecule has 0 bridgehead atoms. The van der Waals surface area contributed by atoms with Crippen molar-refractivity contribution >= 4 is 16.8 Å². The first-order valence-electron chi connectivity index (χ1n) is 5.24. The molecule has 90 valence electrons. The Morgan fingerprint density at radius 1 is 1.33 bits per heavy atom. The molecule has 4 heteroatoms. The van der Waals surface area contributed by atoms with Crippen LogP contribution in [0.25, 0.3) is 11.0 Å². The van der Waals surface area contributed by atoms with Crippen molar-refractivity contribution in [3.8, 4) is 17.6 Å². The van der Waals surface area contributed by atoms with Crippen molar-refractivity contribution < 1.29 is 13.9 Å². The minimum Gasteiger partial charge on any atom is -0.497 e. The first-order valence-corrected chi connectivity index (χ1v) is 5.24. The smallest absolute Gasteiger partial charge is 0.352 e. The average molecular weight is 242 g/mol. The number of Topliss-reactive ketones (excluding diaryl/α,β-unsaturated/α-hetero) is 1. The van der Waals surface area contributed by atoms with Crippen molar-refractivity contribution in [2.24, 2.45) is 0 Å². The van der Waals surface area contributed by atoms with Gasteiger partial charge in [0.05, 0.1) is 7.11 Å². The molecule has 1 aromatic heterocycles. The molecule has 0 N–H and O–H groups in total. The summed E-state index contributed by atoms with van der Waals surface area (Å²) in [6.45, 7) is 1.33. The maximum absolute atomic E-state index is 11.6. The molecule has 0 unspecified atom stereocenters. The normalized spacial score (nSPS) is 9.67. The number of ketones is 1. The molecule has 2 aromatic rings. The zero-order valence-electron chi connectivity index (χ0n) is 9.94. The van der Waals surface area contributed by atoms with Gasteiger partial charge in [-0.1, -0.05) is 5.92 Å². The molecule has 0 amide bonds. The van der Waals surface area contributed by atoms with Gasteiger partial charge in [-0.15, -0.1) is 0 Å². The molecule has 18 heavy (non-hydrogen) atoms. The van der Waals surface area contributed by atoms with Gasteiger partial charge in [-0.3, -0.25) is 4.79 Å². The fourth-order valence-corrected chi connectivity index (χ4v) is 1.46. The molecule has 1 aromatic carbocycles. The van der Waals surface area contributed by atoms with E-state index in [0.29, 0.717) is 11.3 Å². The van der Waals surface area contributed by atoms with Crippen LogP contribution in [0.4, 0.5) is 0 Å². The van der Waals surface area contributed by atoms with E-state index in [4.69, 9.17) is 9.15 Å². The summed E-state index contributed by atoms with van der Waals surface area (Å²) in [4.78, 5) is 22.4. The number of carbonyl (C=O) groups is 1. The van der Waals surface area contributed by atoms with Gasteiger partial charge >= 0.3 is 5.63 Å². The number of methoxy groups -OCH3 is 1. The summed E-state index contributed by atoms with van der Waals surface area (Å²) in [7, 11) is 1.53. The van der Waals surface area contributed by atoms with E-state index in [1.165, 1.54) is 14.0 Å². The molecule has 0 aliphatic rings. The predicted octanol–water partition coefficient (Wildman–Crippen LogP) is 1.74. The summed E-state index contributed by atoms with van der Waals surface area (Å²) in [5.74, 6) is 5.12. The van der Waals surface area contributed by atoms with Crippen molar-refractivity contribution in [3.63, 3.8) is 0 Å². The summed E-state index contributed by atoms with van der Waals surface area (Å²) in [6.07, 6.45) is 0. The number of ether oxygens (including phenoxy) is 1. The third-order valence-corrected chi connectivity index (χ3v) is 2.32. The number of hydrogen-bond donors (Lipinski definition) is 0. The Labute approximate surface area is 103 Å². The van der Waals surface area contributed by atoms with Gasteiger partial charge in [0.1, 0.15) is 16.9 Å². The highest BCUT2D eigenvalue weighted by Gasteiger charge is 2.04. The SMILES string of the molecule is COc1ccc2cc(C#CC(C)=O)c(=O)oc2c1. The summed E-state index contributed by atoms with van der Waals surface area (Å²) in [5.41, 5.74) is 0.0279. The van der Waals surface area contributed by atoms with Crippen LogP contribution in [0, 0.1) is 11.8 Å². The second kappa shape index (κ2) is 4.76. The fourth-order valence-electron chi connectivity index (χ4n) is 1.46. The lowest BCUT2D eigenvalue weighted by atomic mass is 10.2. The molecule has 0 spiro atoms. The quantitative estimate of drug-likeness (QED) is 0.564. The lowest BCUT2D eigenvalue weighted by Gasteiger charge is -2.01. The zero-order valence-corrected chi connectivity index (χ0v) is 9.94. The number of carbonyl (C=O) groups excluding carboxylic acids is 1. The van der Waals surface area contributed by atoms with E-state index >= 15 is 0 Å². The molecule has 1 heterocycles. The monoisotopic (exact) mass is 242 g/mol. The van der Waals surface area contributed by atoms with Crippen LogP contribution < -0.4 is 10.4 Å². The molecule has 2 rings (SSSR count). The highest BCUT2D eigenvalue weighted by molar-refractivity contribution is 5.94. The van der Waals surface area contributed by atoms with E-state index in [2.05, 4.69) is 11.8 Å². The van der Waals surface area contributed by atoms with Crippen LogP contribution in [0.3, 0.4) is 0 Å². The van der Waals surface area contributed by atoms with E-state index < -0.39 is 5.63 Å². The Bertz CT molecular complexity index is 729. The number of fused-ring (bicyclic) bond motifs is 1. The molecule has 0 aliphatic heterocycles. The minimum atomic E-state index is -0.565. The number of hydrogen-bond acceptors (Lipinski definition) is 4. The van der Waals surface area contributed by atoms with Crippen LogP contribution in [0.15, 0.2) is 33.5 Å². The lowest BCUT2D eigenvalue weighted by Crippen LogP contribution is -2.03. The first-order chi connectivity index (χ1) is 8.60. The Kier molecular flexibility index (Phi) is 3.16. The van der Waals surface area contributed by atoms with Crippen LogP contribution in [0.5, 0.6) is 5.75 Å². The Morgan fingerprint density at radius 3 is 2.78 bits per heavy atom. The van der Waals surface area contributed by atoms with E-state index in [1.54, 1.807) is 24.3 Å². The molecule has 0 fully saturated rings. The molecular formula is C14H10O4. The highest BCUT2D eigenvalue weighted by Crippen LogP contribution is 2.19. The van der Waals surface area contributed by atoms with Crippen molar-refractivity contribution in [2.75, 3.05) is 7.11 Å². The van der Waals surface area contributed by atoms with E-state index in [0.717, 1.165) is 5.39 Å². The molecule has 0 radical (unpaired) electrons. The molecule has 0 saturated heterocycles. The third-order valence-electron chi connectivity index (χ3n) is 2.32. The van der Waals surface area contributed by atoms with Gasteiger partial charge < -0.3 is 9.15 Å². The predicted molar refractivity (Wildman–Crippen MR) is 66.6 cm³/mol. The molecular weight excluding hydrogens is 232 g/mol. The Morgan fingerprint density at radius 2 is 2.11 bits per heavy atom. The number of rotatable bonds is 1. The highest BCUT2D eigenvalue weighted by atomic mass is 16.5. The van der Waals surface area contributed by atoms with Gasteiger partial charge in [0.2, 0.25) is 5.78 Å². The minimum absolute atomic E-state index is 0.169. The van der Waals surface area contributed by atoms with E-state index in [9.17, 15) is 9.59 Å². The Balaban J connectivity index is 2.61. The zero-order chi connectivity index (χ0) is 13.1. The van der Waals surface area contributed by atoms with Gasteiger partial charge in [-0.2, -0.15) is 0 Å². The molecule has 4 nitrogen and oxygen atoms in total. The molecule has 0 saturated carbocycles. The van der Waals surface area contributed by atoms with Crippen LogP contribution in [0.2, 0.25) is 0 Å². The van der Waals surface area contributed by atoms with Crippen molar-refractivity contribution in [1.29, 1.82) is 0 Å². The van der Waals surface area contributed by atoms with Crippen molar-refractivity contribution in [2.45, 2.75) is 6.92 Å². The van der Waals surface area contributed by atoms with Crippen molar-refractivity contribution in [1.82, 2.24) is 0 Å². The Hall–Kier alpha value is -2.54. The maximum atomic E-state index is 11.6. The molecule has 0 atom stereocenters. The second-order valence-electron chi connectivity index (χ2n) is 3.66. The van der Waals surface area contributed by atoms with Gasteiger partial charge in [-0.25, -0.2) is 4.79 Å². The van der Waals surface area contributed by atoms with Crippen LogP contribution in [-0.2, 0) is 4.79 Å². The van der Waals surface area contributed by atoms with Gasteiger partial charge in [0, 0.05) is 18.4 Å².